The average Bonchev–Trinajstić information content (AvgIpc) is 3.06. The number of carbonyl (C=O) groups excluding carboxylic acids is 2. The highest BCUT2D eigenvalue weighted by Crippen LogP contribution is 2.34. The molecule has 0 unspecified atom stereocenters. The smallest absolute Gasteiger partial charge is 0.264 e. The van der Waals surface area contributed by atoms with Crippen LogP contribution in [0.4, 0.5) is 10.1 Å². The van der Waals surface area contributed by atoms with Gasteiger partial charge in [-0.25, -0.2) is 12.8 Å². The van der Waals surface area contributed by atoms with Gasteiger partial charge in [-0.15, -0.1) is 0 Å². The molecule has 8 nitrogen and oxygen atoms in total. The minimum atomic E-state index is -4.31. The second kappa shape index (κ2) is 15.5. The molecule has 0 saturated carbocycles. The van der Waals surface area contributed by atoms with Crippen LogP contribution in [-0.2, 0) is 32.6 Å². The van der Waals surface area contributed by atoms with Crippen molar-refractivity contribution in [2.24, 2.45) is 0 Å². The van der Waals surface area contributed by atoms with Gasteiger partial charge in [0, 0.05) is 24.6 Å². The van der Waals surface area contributed by atoms with E-state index in [0.717, 1.165) is 15.4 Å². The first-order valence-electron chi connectivity index (χ1n) is 15.1. The van der Waals surface area contributed by atoms with Crippen LogP contribution in [0.15, 0.2) is 108 Å². The molecule has 0 spiro atoms. The first-order chi connectivity index (χ1) is 22.0. The molecule has 0 aliphatic heterocycles. The number of amides is 2. The Balaban J connectivity index is 1.86. The molecule has 0 aliphatic carbocycles. The lowest BCUT2D eigenvalue weighted by atomic mass is 10.0. The number of nitrogens with one attached hydrogen (secondary N) is 1. The highest BCUT2D eigenvalue weighted by atomic mass is 32.2. The normalized spacial score (nSPS) is 12.5. The zero-order valence-electron chi connectivity index (χ0n) is 26.5. The molecule has 2 amide bonds. The van der Waals surface area contributed by atoms with Gasteiger partial charge in [-0.3, -0.25) is 13.9 Å². The third-order valence-electron chi connectivity index (χ3n) is 7.78. The van der Waals surface area contributed by atoms with Crippen molar-refractivity contribution in [2.45, 2.75) is 57.1 Å². The predicted octanol–water partition coefficient (Wildman–Crippen LogP) is 5.89. The summed E-state index contributed by atoms with van der Waals surface area (Å²) in [5, 5.41) is 2.97. The Morgan fingerprint density at radius 3 is 2.17 bits per heavy atom. The van der Waals surface area contributed by atoms with Crippen LogP contribution in [-0.4, -0.2) is 50.9 Å². The SMILES string of the molecule is CC[C@@H](C)NC(=O)[C@H](Cc1ccccc1)N(Cc1ccccc1F)C(=O)CN(c1cc(C)ccc1OC)S(=O)(=O)c1ccccc1. The Labute approximate surface area is 270 Å². The number of halogens is 1. The molecule has 10 heteroatoms. The fourth-order valence-electron chi connectivity index (χ4n) is 5.03. The van der Waals surface area contributed by atoms with Crippen molar-refractivity contribution in [1.29, 1.82) is 0 Å². The van der Waals surface area contributed by atoms with Crippen LogP contribution >= 0.6 is 0 Å². The predicted molar refractivity (Wildman–Crippen MR) is 177 cm³/mol. The largest absolute Gasteiger partial charge is 0.495 e. The Kier molecular flexibility index (Phi) is 11.5. The molecule has 1 N–H and O–H groups in total. The van der Waals surface area contributed by atoms with E-state index in [1.165, 1.54) is 30.2 Å². The van der Waals surface area contributed by atoms with Gasteiger partial charge in [0.2, 0.25) is 11.8 Å². The fourth-order valence-corrected chi connectivity index (χ4v) is 6.47. The number of sulfonamides is 1. The molecular weight excluding hydrogens is 605 g/mol. The average molecular weight is 646 g/mol. The summed E-state index contributed by atoms with van der Waals surface area (Å²) in [7, 11) is -2.89. The number of hydrogen-bond acceptors (Lipinski definition) is 5. The van der Waals surface area contributed by atoms with Gasteiger partial charge in [0.1, 0.15) is 24.2 Å². The van der Waals surface area contributed by atoms with E-state index >= 15 is 4.39 Å². The maximum Gasteiger partial charge on any atom is 0.264 e. The van der Waals surface area contributed by atoms with E-state index in [2.05, 4.69) is 5.32 Å². The molecule has 46 heavy (non-hydrogen) atoms. The van der Waals surface area contributed by atoms with E-state index in [-0.39, 0.29) is 40.9 Å². The Morgan fingerprint density at radius 1 is 0.913 bits per heavy atom. The van der Waals surface area contributed by atoms with Crippen LogP contribution in [0.1, 0.15) is 37.0 Å². The van der Waals surface area contributed by atoms with Gasteiger partial charge in [0.25, 0.3) is 10.0 Å². The number of ether oxygens (including phenoxy) is 1. The van der Waals surface area contributed by atoms with Crippen LogP contribution in [0.25, 0.3) is 0 Å². The molecule has 4 aromatic carbocycles. The number of rotatable bonds is 14. The molecule has 4 rings (SSSR count). The van der Waals surface area contributed by atoms with Gasteiger partial charge in [-0.05, 0) is 61.7 Å². The van der Waals surface area contributed by atoms with E-state index in [0.29, 0.717) is 6.42 Å². The number of hydrogen-bond donors (Lipinski definition) is 1. The van der Waals surface area contributed by atoms with Gasteiger partial charge in [0.15, 0.2) is 0 Å². The van der Waals surface area contributed by atoms with Gasteiger partial charge in [0.05, 0.1) is 17.7 Å². The number of benzene rings is 4. The van der Waals surface area contributed by atoms with Crippen molar-refractivity contribution in [3.05, 3.63) is 126 Å². The van der Waals surface area contributed by atoms with Gasteiger partial charge >= 0.3 is 0 Å². The van der Waals surface area contributed by atoms with Crippen molar-refractivity contribution in [3.8, 4) is 5.75 Å². The van der Waals surface area contributed by atoms with E-state index in [4.69, 9.17) is 4.74 Å². The minimum Gasteiger partial charge on any atom is -0.495 e. The molecule has 2 atom stereocenters. The second-order valence-electron chi connectivity index (χ2n) is 11.1. The van der Waals surface area contributed by atoms with Gasteiger partial charge in [-0.1, -0.05) is 79.7 Å². The van der Waals surface area contributed by atoms with Crippen LogP contribution in [0.2, 0.25) is 0 Å². The quantitative estimate of drug-likeness (QED) is 0.185. The lowest BCUT2D eigenvalue weighted by Crippen LogP contribution is -2.54. The van der Waals surface area contributed by atoms with Crippen LogP contribution in [0.3, 0.4) is 0 Å². The summed E-state index contributed by atoms with van der Waals surface area (Å²) in [6.07, 6.45) is 0.782. The lowest BCUT2D eigenvalue weighted by Gasteiger charge is -2.34. The van der Waals surface area contributed by atoms with Crippen LogP contribution in [0, 0.1) is 12.7 Å². The zero-order chi connectivity index (χ0) is 33.3. The van der Waals surface area contributed by atoms with Crippen LogP contribution in [0.5, 0.6) is 5.75 Å². The van der Waals surface area contributed by atoms with Crippen molar-refractivity contribution in [3.63, 3.8) is 0 Å². The Bertz CT molecular complexity index is 1740. The number of anilines is 1. The Morgan fingerprint density at radius 2 is 1.54 bits per heavy atom. The first-order valence-corrected chi connectivity index (χ1v) is 16.6. The summed E-state index contributed by atoms with van der Waals surface area (Å²) in [6.45, 7) is 4.66. The van der Waals surface area contributed by atoms with E-state index < -0.39 is 40.2 Å². The monoisotopic (exact) mass is 645 g/mol. The molecule has 0 aliphatic rings. The van der Waals surface area contributed by atoms with Crippen LogP contribution < -0.4 is 14.4 Å². The molecule has 0 heterocycles. The van der Waals surface area contributed by atoms with Crippen molar-refractivity contribution < 1.29 is 27.1 Å². The summed E-state index contributed by atoms with van der Waals surface area (Å²) >= 11 is 0. The minimum absolute atomic E-state index is 0.0256. The topological polar surface area (TPSA) is 96.0 Å². The maximum atomic E-state index is 15.1. The molecule has 4 aromatic rings. The van der Waals surface area contributed by atoms with Gasteiger partial charge in [-0.2, -0.15) is 0 Å². The standard InChI is InChI=1S/C36H40FN3O5S/c1-5-27(3)38-36(42)33(23-28-14-8-6-9-15-28)39(24-29-16-12-13-19-31(29)37)35(41)25-40(32-22-26(2)20-21-34(32)45-4)46(43,44)30-17-10-7-11-18-30/h6-22,27,33H,5,23-25H2,1-4H3,(H,38,42)/t27-,33+/m1/s1. The summed E-state index contributed by atoms with van der Waals surface area (Å²) in [6, 6.07) is 26.8. The number of nitrogens with zero attached hydrogens (tertiary/aromatic N) is 2. The van der Waals surface area contributed by atoms with Crippen molar-refractivity contribution in [1.82, 2.24) is 10.2 Å². The highest BCUT2D eigenvalue weighted by Gasteiger charge is 2.36. The molecule has 0 aromatic heterocycles. The summed E-state index contributed by atoms with van der Waals surface area (Å²) in [4.78, 5) is 29.7. The van der Waals surface area contributed by atoms with Gasteiger partial charge < -0.3 is 15.0 Å². The van der Waals surface area contributed by atoms with E-state index in [1.54, 1.807) is 61.5 Å². The van der Waals surface area contributed by atoms with Crippen molar-refractivity contribution in [2.75, 3.05) is 18.0 Å². The fraction of sp³-hybridized carbons (Fsp3) is 0.278. The second-order valence-corrected chi connectivity index (χ2v) is 13.0. The van der Waals surface area contributed by atoms with E-state index in [1.807, 2.05) is 44.2 Å². The lowest BCUT2D eigenvalue weighted by molar-refractivity contribution is -0.140. The first kappa shape index (κ1) is 34.2. The molecule has 0 saturated heterocycles. The summed E-state index contributed by atoms with van der Waals surface area (Å²) in [5.74, 6) is -1.41. The molecular formula is C36H40FN3O5S. The molecule has 242 valence electrons. The Hall–Kier alpha value is -4.70. The molecule has 0 radical (unpaired) electrons. The maximum absolute atomic E-state index is 15.1. The molecule has 0 bridgehead atoms. The zero-order valence-corrected chi connectivity index (χ0v) is 27.3. The number of methoxy groups -OCH3 is 1. The summed E-state index contributed by atoms with van der Waals surface area (Å²) < 4.78 is 50.1. The number of aryl methyl sites for hydroxylation is 1. The molecule has 0 fully saturated rings. The summed E-state index contributed by atoms with van der Waals surface area (Å²) in [5.41, 5.74) is 1.88. The highest BCUT2D eigenvalue weighted by molar-refractivity contribution is 7.92. The number of carbonyl (C=O) groups is 2. The third-order valence-corrected chi connectivity index (χ3v) is 9.56. The van der Waals surface area contributed by atoms with Crippen molar-refractivity contribution >= 4 is 27.5 Å². The third kappa shape index (κ3) is 8.31. The van der Waals surface area contributed by atoms with E-state index in [9.17, 15) is 18.0 Å².